The van der Waals surface area contributed by atoms with Crippen LogP contribution in [0.25, 0.3) is 0 Å². The fourth-order valence-corrected chi connectivity index (χ4v) is 3.29. The second-order valence-electron chi connectivity index (χ2n) is 5.78. The second kappa shape index (κ2) is 7.65. The van der Waals surface area contributed by atoms with Crippen molar-refractivity contribution in [1.29, 1.82) is 0 Å². The van der Waals surface area contributed by atoms with Gasteiger partial charge >= 0.3 is 0 Å². The zero-order valence-electron chi connectivity index (χ0n) is 13.2. The molecular weight excluding hydrogens is 328 g/mol. The summed E-state index contributed by atoms with van der Waals surface area (Å²) in [5.41, 5.74) is 0.644. The molecule has 0 spiro atoms. The number of halogens is 2. The standard InChI is InChI=1S/C15H21F2NO4S/c1-21-6-5-18-8-12(10-22-23(2,19)20)13(9-18)11-3-4-14(16)15(17)7-11/h3-4,7,12-13H,5-6,8-10H2,1-2H3/t12-,13-/m0/s1. The van der Waals surface area contributed by atoms with Crippen LogP contribution in [0.15, 0.2) is 18.2 Å². The normalized spacial score (nSPS) is 22.6. The van der Waals surface area contributed by atoms with Crippen molar-refractivity contribution >= 4 is 10.1 Å². The summed E-state index contributed by atoms with van der Waals surface area (Å²) in [4.78, 5) is 2.10. The number of methoxy groups -OCH3 is 1. The SMILES string of the molecule is COCCN1C[C@@H](COS(C)(=O)=O)[C@H](c2ccc(F)c(F)c2)C1. The Bertz CT molecular complexity index is 638. The summed E-state index contributed by atoms with van der Waals surface area (Å²) in [5, 5.41) is 0. The van der Waals surface area contributed by atoms with Crippen molar-refractivity contribution in [2.45, 2.75) is 5.92 Å². The van der Waals surface area contributed by atoms with Gasteiger partial charge in [0.2, 0.25) is 0 Å². The van der Waals surface area contributed by atoms with E-state index >= 15 is 0 Å². The van der Waals surface area contributed by atoms with Gasteiger partial charge < -0.3 is 9.64 Å². The first-order valence-electron chi connectivity index (χ1n) is 7.31. The van der Waals surface area contributed by atoms with Gasteiger partial charge in [-0.25, -0.2) is 8.78 Å². The molecule has 130 valence electrons. The van der Waals surface area contributed by atoms with Gasteiger partial charge in [-0.05, 0) is 17.7 Å². The summed E-state index contributed by atoms with van der Waals surface area (Å²) in [7, 11) is -1.94. The quantitative estimate of drug-likeness (QED) is 0.700. The maximum absolute atomic E-state index is 13.5. The number of likely N-dealkylation sites (tertiary alicyclic amines) is 1. The Balaban J connectivity index is 2.15. The van der Waals surface area contributed by atoms with E-state index in [4.69, 9.17) is 8.92 Å². The number of hydrogen-bond acceptors (Lipinski definition) is 5. The van der Waals surface area contributed by atoms with E-state index in [2.05, 4.69) is 4.90 Å². The van der Waals surface area contributed by atoms with E-state index in [-0.39, 0.29) is 18.4 Å². The number of rotatable bonds is 7. The predicted octanol–water partition coefficient (Wildman–Crippen LogP) is 1.60. The minimum atomic E-state index is -3.54. The Labute approximate surface area is 135 Å². The van der Waals surface area contributed by atoms with E-state index in [1.165, 1.54) is 12.1 Å². The van der Waals surface area contributed by atoms with Gasteiger partial charge in [-0.2, -0.15) is 8.42 Å². The van der Waals surface area contributed by atoms with Crippen molar-refractivity contribution in [3.05, 3.63) is 35.4 Å². The molecule has 1 heterocycles. The third-order valence-corrected chi connectivity index (χ3v) is 4.56. The molecule has 0 radical (unpaired) electrons. The highest BCUT2D eigenvalue weighted by molar-refractivity contribution is 7.85. The molecule has 0 aliphatic carbocycles. The maximum Gasteiger partial charge on any atom is 0.264 e. The van der Waals surface area contributed by atoms with Crippen molar-refractivity contribution in [1.82, 2.24) is 4.90 Å². The molecule has 1 aromatic rings. The Hall–Kier alpha value is -1.09. The van der Waals surface area contributed by atoms with Crippen LogP contribution in [0.4, 0.5) is 8.78 Å². The van der Waals surface area contributed by atoms with Gasteiger partial charge in [-0.3, -0.25) is 4.18 Å². The second-order valence-corrected chi connectivity index (χ2v) is 7.43. The molecule has 23 heavy (non-hydrogen) atoms. The average molecular weight is 349 g/mol. The summed E-state index contributed by atoms with van der Waals surface area (Å²) in [6, 6.07) is 3.81. The monoisotopic (exact) mass is 349 g/mol. The van der Waals surface area contributed by atoms with Gasteiger partial charge in [0.1, 0.15) is 0 Å². The highest BCUT2D eigenvalue weighted by Crippen LogP contribution is 2.33. The largest absolute Gasteiger partial charge is 0.383 e. The molecule has 5 nitrogen and oxygen atoms in total. The third kappa shape index (κ3) is 5.20. The number of hydrogen-bond donors (Lipinski definition) is 0. The number of benzene rings is 1. The van der Waals surface area contributed by atoms with Crippen LogP contribution in [0.5, 0.6) is 0 Å². The van der Waals surface area contributed by atoms with Crippen LogP contribution in [-0.2, 0) is 19.0 Å². The predicted molar refractivity (Wildman–Crippen MR) is 81.7 cm³/mol. The average Bonchev–Trinajstić information content (AvgIpc) is 2.88. The van der Waals surface area contributed by atoms with Gasteiger partial charge in [-0.1, -0.05) is 6.07 Å². The van der Waals surface area contributed by atoms with E-state index in [1.807, 2.05) is 0 Å². The van der Waals surface area contributed by atoms with Crippen LogP contribution in [0.2, 0.25) is 0 Å². The molecule has 2 atom stereocenters. The highest BCUT2D eigenvalue weighted by atomic mass is 32.2. The lowest BCUT2D eigenvalue weighted by molar-refractivity contribution is 0.156. The number of ether oxygens (including phenoxy) is 1. The van der Waals surface area contributed by atoms with Crippen LogP contribution in [0.3, 0.4) is 0 Å². The lowest BCUT2D eigenvalue weighted by Gasteiger charge is -2.18. The molecule has 1 saturated heterocycles. The minimum Gasteiger partial charge on any atom is -0.383 e. The molecule has 1 aliphatic heterocycles. The van der Waals surface area contributed by atoms with Gasteiger partial charge in [0, 0.05) is 38.6 Å². The van der Waals surface area contributed by atoms with E-state index < -0.39 is 21.8 Å². The maximum atomic E-state index is 13.5. The molecule has 1 aliphatic rings. The Morgan fingerprint density at radius 2 is 2.00 bits per heavy atom. The molecule has 2 rings (SSSR count). The lowest BCUT2D eigenvalue weighted by atomic mass is 9.89. The van der Waals surface area contributed by atoms with E-state index in [9.17, 15) is 17.2 Å². The topological polar surface area (TPSA) is 55.8 Å². The number of nitrogens with zero attached hydrogens (tertiary/aromatic N) is 1. The Kier molecular flexibility index (Phi) is 6.07. The summed E-state index contributed by atoms with van der Waals surface area (Å²) in [6.07, 6.45) is 0.997. The minimum absolute atomic E-state index is 0.0198. The van der Waals surface area contributed by atoms with E-state index in [1.54, 1.807) is 7.11 Å². The van der Waals surface area contributed by atoms with Crippen molar-refractivity contribution in [2.75, 3.05) is 46.2 Å². The van der Waals surface area contributed by atoms with Crippen molar-refractivity contribution in [3.8, 4) is 0 Å². The smallest absolute Gasteiger partial charge is 0.264 e. The van der Waals surface area contributed by atoms with Crippen LogP contribution in [0, 0.1) is 17.6 Å². The molecule has 0 N–H and O–H groups in total. The van der Waals surface area contributed by atoms with Gasteiger partial charge in [0.15, 0.2) is 11.6 Å². The van der Waals surface area contributed by atoms with Gasteiger partial charge in [0.05, 0.1) is 19.5 Å². The third-order valence-electron chi connectivity index (χ3n) is 4.00. The molecular formula is C15H21F2NO4S. The van der Waals surface area contributed by atoms with E-state index in [0.29, 0.717) is 31.8 Å². The molecule has 1 fully saturated rings. The van der Waals surface area contributed by atoms with E-state index in [0.717, 1.165) is 12.3 Å². The Morgan fingerprint density at radius 3 is 2.61 bits per heavy atom. The van der Waals surface area contributed by atoms with Crippen LogP contribution in [-0.4, -0.2) is 59.5 Å². The van der Waals surface area contributed by atoms with Crippen molar-refractivity contribution in [3.63, 3.8) is 0 Å². The summed E-state index contributed by atoms with van der Waals surface area (Å²) in [6.45, 7) is 2.48. The van der Waals surface area contributed by atoms with Crippen LogP contribution >= 0.6 is 0 Å². The van der Waals surface area contributed by atoms with Crippen molar-refractivity contribution in [2.24, 2.45) is 5.92 Å². The molecule has 0 bridgehead atoms. The van der Waals surface area contributed by atoms with Crippen molar-refractivity contribution < 1.29 is 26.1 Å². The summed E-state index contributed by atoms with van der Waals surface area (Å²) >= 11 is 0. The fourth-order valence-electron chi connectivity index (χ4n) is 2.86. The zero-order valence-corrected chi connectivity index (χ0v) is 14.0. The highest BCUT2D eigenvalue weighted by Gasteiger charge is 2.34. The Morgan fingerprint density at radius 1 is 1.26 bits per heavy atom. The molecule has 1 aromatic carbocycles. The van der Waals surface area contributed by atoms with Gasteiger partial charge in [-0.15, -0.1) is 0 Å². The van der Waals surface area contributed by atoms with Gasteiger partial charge in [0.25, 0.3) is 10.1 Å². The fraction of sp³-hybridized carbons (Fsp3) is 0.600. The molecule has 0 unspecified atom stereocenters. The summed E-state index contributed by atoms with van der Waals surface area (Å²) in [5.74, 6) is -2.04. The summed E-state index contributed by atoms with van der Waals surface area (Å²) < 4.78 is 59.0. The van der Waals surface area contributed by atoms with Crippen LogP contribution < -0.4 is 0 Å². The first-order valence-corrected chi connectivity index (χ1v) is 9.12. The first kappa shape index (κ1) is 18.3. The molecule has 0 aromatic heterocycles. The first-order chi connectivity index (χ1) is 10.8. The molecule has 0 saturated carbocycles. The lowest BCUT2D eigenvalue weighted by Crippen LogP contribution is -2.26. The molecule has 0 amide bonds. The van der Waals surface area contributed by atoms with Crippen LogP contribution in [0.1, 0.15) is 11.5 Å². The molecule has 8 heteroatoms. The zero-order chi connectivity index (χ0) is 17.0.